The lowest BCUT2D eigenvalue weighted by atomic mass is 10.0. The van der Waals surface area contributed by atoms with Crippen molar-refractivity contribution in [1.82, 2.24) is 5.06 Å². The van der Waals surface area contributed by atoms with E-state index in [1.165, 1.54) is 6.20 Å². The van der Waals surface area contributed by atoms with Crippen LogP contribution >= 0.6 is 0 Å². The zero-order chi connectivity index (χ0) is 11.0. The van der Waals surface area contributed by atoms with Crippen molar-refractivity contribution in [3.05, 3.63) is 12.3 Å². The van der Waals surface area contributed by atoms with Crippen molar-refractivity contribution in [2.75, 3.05) is 0 Å². The number of nitrogens with zero attached hydrogens (tertiary/aromatic N) is 1. The van der Waals surface area contributed by atoms with Crippen LogP contribution < -0.4 is 0 Å². The molecule has 1 N–H and O–H groups in total. The van der Waals surface area contributed by atoms with Gasteiger partial charge in [-0.1, -0.05) is 6.08 Å². The predicted molar refractivity (Wildman–Crippen MR) is 51.6 cm³/mol. The van der Waals surface area contributed by atoms with Gasteiger partial charge in [0.05, 0.1) is 0 Å². The highest BCUT2D eigenvalue weighted by atomic mass is 16.6. The smallest absolute Gasteiger partial charge is 0.335 e. The number of rotatable bonds is 1. The van der Waals surface area contributed by atoms with Gasteiger partial charge in [0.15, 0.2) is 5.54 Å². The third kappa shape index (κ3) is 2.07. The van der Waals surface area contributed by atoms with Crippen molar-refractivity contribution in [2.24, 2.45) is 0 Å². The van der Waals surface area contributed by atoms with Gasteiger partial charge < -0.3 is 4.74 Å². The van der Waals surface area contributed by atoms with Gasteiger partial charge in [-0.25, -0.2) is 9.86 Å². The summed E-state index contributed by atoms with van der Waals surface area (Å²) in [5.41, 5.74) is -1.49. The summed E-state index contributed by atoms with van der Waals surface area (Å²) in [6, 6.07) is 0. The van der Waals surface area contributed by atoms with Crippen LogP contribution in [0.25, 0.3) is 0 Å². The lowest BCUT2D eigenvalue weighted by Gasteiger charge is -2.32. The van der Waals surface area contributed by atoms with Crippen LogP contribution in [0.4, 0.5) is 0 Å². The zero-order valence-electron chi connectivity index (χ0n) is 9.07. The number of carbonyl (C=O) groups excluding carboxylic acids is 1. The third-order valence-corrected chi connectivity index (χ3v) is 2.11. The fraction of sp³-hybridized carbons (Fsp3) is 0.700. The van der Waals surface area contributed by atoms with Gasteiger partial charge in [0.2, 0.25) is 0 Å². The summed E-state index contributed by atoms with van der Waals surface area (Å²) in [6.45, 7) is 7.07. The Labute approximate surface area is 84.1 Å². The van der Waals surface area contributed by atoms with E-state index in [-0.39, 0.29) is 0 Å². The Morgan fingerprint density at radius 3 is 2.50 bits per heavy atom. The second kappa shape index (κ2) is 3.28. The fourth-order valence-corrected chi connectivity index (χ4v) is 1.20. The molecule has 0 aromatic rings. The van der Waals surface area contributed by atoms with Crippen molar-refractivity contribution in [3.8, 4) is 0 Å². The van der Waals surface area contributed by atoms with Crippen molar-refractivity contribution in [1.29, 1.82) is 0 Å². The minimum Gasteiger partial charge on any atom is -0.458 e. The van der Waals surface area contributed by atoms with Gasteiger partial charge in [0, 0.05) is 12.6 Å². The molecular weight excluding hydrogens is 182 g/mol. The molecule has 0 aromatic heterocycles. The van der Waals surface area contributed by atoms with Gasteiger partial charge in [-0.05, 0) is 27.7 Å². The molecule has 1 atom stereocenters. The Balaban J connectivity index is 2.70. The number of hydrogen-bond donors (Lipinski definition) is 1. The molecule has 0 saturated carbocycles. The molecule has 14 heavy (non-hydrogen) atoms. The summed E-state index contributed by atoms with van der Waals surface area (Å²) >= 11 is 0. The summed E-state index contributed by atoms with van der Waals surface area (Å²) in [4.78, 5) is 11.7. The summed E-state index contributed by atoms with van der Waals surface area (Å²) in [5.74, 6) is -0.405. The van der Waals surface area contributed by atoms with Crippen molar-refractivity contribution >= 4 is 5.97 Å². The van der Waals surface area contributed by atoms with Crippen LogP contribution in [0.5, 0.6) is 0 Å². The average Bonchev–Trinajstić information content (AvgIpc) is 2.30. The molecule has 0 spiro atoms. The normalized spacial score (nSPS) is 26.8. The van der Waals surface area contributed by atoms with Crippen molar-refractivity contribution in [2.45, 2.75) is 45.3 Å². The molecule has 0 fully saturated rings. The Kier molecular flexibility index (Phi) is 2.58. The molecule has 1 heterocycles. The molecule has 80 valence electrons. The topological polar surface area (TPSA) is 49.8 Å². The van der Waals surface area contributed by atoms with E-state index in [1.54, 1.807) is 33.8 Å². The van der Waals surface area contributed by atoms with Crippen LogP contribution in [0.15, 0.2) is 12.3 Å². The largest absolute Gasteiger partial charge is 0.458 e. The molecular formula is C10H17NO3. The minimum absolute atomic E-state index is 0.405. The van der Waals surface area contributed by atoms with Gasteiger partial charge in [-0.3, -0.25) is 5.21 Å². The number of ether oxygens (including phenoxy) is 1. The van der Waals surface area contributed by atoms with Gasteiger partial charge in [0.1, 0.15) is 5.60 Å². The highest BCUT2D eigenvalue weighted by Crippen LogP contribution is 2.27. The van der Waals surface area contributed by atoms with Crippen LogP contribution in [0.1, 0.15) is 34.1 Å². The van der Waals surface area contributed by atoms with Crippen molar-refractivity contribution < 1.29 is 14.7 Å². The predicted octanol–water partition coefficient (Wildman–Crippen LogP) is 1.70. The van der Waals surface area contributed by atoms with E-state index in [0.29, 0.717) is 6.42 Å². The second-order valence-corrected chi connectivity index (χ2v) is 4.71. The molecule has 0 radical (unpaired) electrons. The first-order valence-electron chi connectivity index (χ1n) is 4.64. The van der Waals surface area contributed by atoms with E-state index >= 15 is 0 Å². The molecule has 0 amide bonds. The molecule has 0 aromatic carbocycles. The molecule has 4 heteroatoms. The molecule has 0 saturated heterocycles. The number of carbonyl (C=O) groups is 1. The Hall–Kier alpha value is -1.03. The molecule has 0 aliphatic carbocycles. The summed E-state index contributed by atoms with van der Waals surface area (Å²) in [5, 5.41) is 10.4. The fourth-order valence-electron chi connectivity index (χ4n) is 1.20. The van der Waals surface area contributed by atoms with E-state index in [2.05, 4.69) is 0 Å². The van der Waals surface area contributed by atoms with E-state index in [4.69, 9.17) is 4.74 Å². The monoisotopic (exact) mass is 199 g/mol. The van der Waals surface area contributed by atoms with Crippen molar-refractivity contribution in [3.63, 3.8) is 0 Å². The quantitative estimate of drug-likeness (QED) is 0.653. The Morgan fingerprint density at radius 2 is 2.14 bits per heavy atom. The van der Waals surface area contributed by atoms with E-state index in [9.17, 15) is 10.0 Å². The van der Waals surface area contributed by atoms with Crippen LogP contribution in [-0.4, -0.2) is 27.4 Å². The highest BCUT2D eigenvalue weighted by molar-refractivity contribution is 5.81. The zero-order valence-corrected chi connectivity index (χ0v) is 9.07. The maximum atomic E-state index is 11.7. The molecule has 1 aliphatic heterocycles. The molecule has 1 aliphatic rings. The molecule has 0 bridgehead atoms. The molecule has 1 unspecified atom stereocenters. The van der Waals surface area contributed by atoms with Crippen LogP contribution in [0.3, 0.4) is 0 Å². The van der Waals surface area contributed by atoms with Gasteiger partial charge in [-0.15, -0.1) is 0 Å². The molecule has 1 rings (SSSR count). The van der Waals surface area contributed by atoms with Crippen LogP contribution in [0.2, 0.25) is 0 Å². The van der Waals surface area contributed by atoms with Gasteiger partial charge in [0.25, 0.3) is 0 Å². The minimum atomic E-state index is -0.965. The summed E-state index contributed by atoms with van der Waals surface area (Å²) < 4.78 is 5.21. The lowest BCUT2D eigenvalue weighted by molar-refractivity contribution is -0.187. The van der Waals surface area contributed by atoms with Gasteiger partial charge >= 0.3 is 5.97 Å². The first-order valence-corrected chi connectivity index (χ1v) is 4.64. The maximum absolute atomic E-state index is 11.7. The second-order valence-electron chi connectivity index (χ2n) is 4.71. The first kappa shape index (κ1) is 11.0. The Morgan fingerprint density at radius 1 is 1.57 bits per heavy atom. The van der Waals surface area contributed by atoms with Gasteiger partial charge in [-0.2, -0.15) is 0 Å². The van der Waals surface area contributed by atoms with E-state index in [1.807, 2.05) is 0 Å². The highest BCUT2D eigenvalue weighted by Gasteiger charge is 2.43. The average molecular weight is 199 g/mol. The van der Waals surface area contributed by atoms with Crippen LogP contribution in [-0.2, 0) is 9.53 Å². The lowest BCUT2D eigenvalue weighted by Crippen LogP contribution is -2.48. The van der Waals surface area contributed by atoms with E-state index in [0.717, 1.165) is 5.06 Å². The number of hydrogen-bond acceptors (Lipinski definition) is 4. The van der Waals surface area contributed by atoms with Crippen LogP contribution in [0, 0.1) is 0 Å². The number of esters is 1. The van der Waals surface area contributed by atoms with E-state index < -0.39 is 17.1 Å². The maximum Gasteiger partial charge on any atom is 0.335 e. The molecule has 4 nitrogen and oxygen atoms in total. The SMILES string of the molecule is CC(C)(C)OC(=O)C1(C)CC=CN1O. The summed E-state index contributed by atoms with van der Waals surface area (Å²) in [6.07, 6.45) is 3.69. The first-order chi connectivity index (χ1) is 6.26. The number of hydroxylamine groups is 2. The standard InChI is InChI=1S/C10H17NO3/c1-9(2,3)14-8(12)10(4)6-5-7-11(10)13/h5,7,13H,6H2,1-4H3. The summed E-state index contributed by atoms with van der Waals surface area (Å²) in [7, 11) is 0. The Bertz CT molecular complexity index is 267. The third-order valence-electron chi connectivity index (χ3n) is 2.11.